The molecule has 0 atom stereocenters. The maximum absolute atomic E-state index is 10.1. The van der Waals surface area contributed by atoms with Crippen LogP contribution in [0.2, 0.25) is 10.0 Å². The van der Waals surface area contributed by atoms with Crippen LogP contribution in [0.1, 0.15) is 0 Å². The van der Waals surface area contributed by atoms with Gasteiger partial charge in [0, 0.05) is 5.30 Å². The zero-order valence-electron chi connectivity index (χ0n) is 11.6. The minimum absolute atomic E-state index is 0.0994. The molecule has 0 saturated carbocycles. The molecule has 0 aliphatic carbocycles. The molecule has 3 rings (SSSR count). The molecule has 0 amide bonds. The molecule has 0 N–H and O–H groups in total. The fraction of sp³-hybridized carbons (Fsp3) is 0. The predicted octanol–water partition coefficient (Wildman–Crippen LogP) is 6.26. The van der Waals surface area contributed by atoms with Crippen LogP contribution in [0.5, 0.6) is 0 Å². The molecule has 0 bridgehead atoms. The van der Waals surface area contributed by atoms with Crippen molar-refractivity contribution in [2.45, 2.75) is 0 Å². The summed E-state index contributed by atoms with van der Waals surface area (Å²) in [4.78, 5) is 0. The highest BCUT2D eigenvalue weighted by Gasteiger charge is 2.00. The molecule has 0 aromatic heterocycles. The molecule has 4 heteroatoms. The van der Waals surface area contributed by atoms with Gasteiger partial charge in [-0.05, 0) is 35.4 Å². The summed E-state index contributed by atoms with van der Waals surface area (Å²) in [6.45, 7) is 0. The predicted molar refractivity (Wildman–Crippen MR) is 95.6 cm³/mol. The number of hydrogen-bond acceptors (Lipinski definition) is 1. The van der Waals surface area contributed by atoms with E-state index in [9.17, 15) is 4.57 Å². The molecule has 110 valence electrons. The van der Waals surface area contributed by atoms with Crippen LogP contribution in [0, 0.1) is 0 Å². The summed E-state index contributed by atoms with van der Waals surface area (Å²) in [5.74, 6) is 0. The Labute approximate surface area is 141 Å². The third kappa shape index (κ3) is 4.96. The van der Waals surface area contributed by atoms with Crippen LogP contribution in [0.25, 0.3) is 11.1 Å². The van der Waals surface area contributed by atoms with Crippen LogP contribution < -0.4 is 5.30 Å². The Balaban J connectivity index is 0.000000188. The largest absolute Gasteiger partial charge is 0.269 e. The van der Waals surface area contributed by atoms with E-state index in [0.29, 0.717) is 10.0 Å². The standard InChI is InChI=1S/C12H8Cl2.C6H5OP/c13-11-7-6-10(8-12(11)14)9-4-2-1-3-5-9;7-8-6-4-2-1-3-5-6/h1-8H;1-5H. The summed E-state index contributed by atoms with van der Waals surface area (Å²) in [5, 5.41) is 2.01. The zero-order valence-corrected chi connectivity index (χ0v) is 14.0. The van der Waals surface area contributed by atoms with Gasteiger partial charge in [0.15, 0.2) is 8.46 Å². The Kier molecular flexibility index (Phi) is 6.61. The van der Waals surface area contributed by atoms with Gasteiger partial charge >= 0.3 is 0 Å². The Morgan fingerprint density at radius 2 is 1.23 bits per heavy atom. The van der Waals surface area contributed by atoms with Gasteiger partial charge in [-0.1, -0.05) is 77.8 Å². The van der Waals surface area contributed by atoms with Crippen LogP contribution in [0.3, 0.4) is 0 Å². The van der Waals surface area contributed by atoms with Crippen LogP contribution >= 0.6 is 31.7 Å². The van der Waals surface area contributed by atoms with Crippen LogP contribution in [0.4, 0.5) is 0 Å². The average molecular weight is 347 g/mol. The summed E-state index contributed by atoms with van der Waals surface area (Å²) in [5.41, 5.74) is 2.23. The number of benzene rings is 3. The Hall–Kier alpha value is -1.66. The summed E-state index contributed by atoms with van der Waals surface area (Å²) in [6.07, 6.45) is 0. The second-order valence-corrected chi connectivity index (χ2v) is 5.94. The fourth-order valence-electron chi connectivity index (χ4n) is 1.80. The molecule has 0 heterocycles. The first-order valence-electron chi connectivity index (χ1n) is 6.59. The van der Waals surface area contributed by atoms with E-state index in [4.69, 9.17) is 23.2 Å². The van der Waals surface area contributed by atoms with Crippen molar-refractivity contribution in [3.63, 3.8) is 0 Å². The fourth-order valence-corrected chi connectivity index (χ4v) is 2.39. The van der Waals surface area contributed by atoms with Gasteiger partial charge in [0.25, 0.3) is 0 Å². The first-order chi connectivity index (χ1) is 10.7. The van der Waals surface area contributed by atoms with Gasteiger partial charge in [-0.2, -0.15) is 0 Å². The number of hydrogen-bond donors (Lipinski definition) is 0. The van der Waals surface area contributed by atoms with Crippen molar-refractivity contribution in [2.24, 2.45) is 0 Å². The SMILES string of the molecule is Clc1ccc(-c2ccccc2)cc1Cl.O=Pc1ccccc1. The summed E-state index contributed by atoms with van der Waals surface area (Å²) in [7, 11) is 0.0994. The van der Waals surface area contributed by atoms with Crippen molar-refractivity contribution in [1.82, 2.24) is 0 Å². The van der Waals surface area contributed by atoms with E-state index in [0.717, 1.165) is 16.4 Å². The average Bonchev–Trinajstić information content (AvgIpc) is 2.59. The zero-order chi connectivity index (χ0) is 15.8. The first-order valence-corrected chi connectivity index (χ1v) is 8.16. The van der Waals surface area contributed by atoms with Gasteiger partial charge in [-0.3, -0.25) is 4.57 Å². The van der Waals surface area contributed by atoms with E-state index < -0.39 is 0 Å². The highest BCUT2D eigenvalue weighted by Crippen LogP contribution is 2.28. The van der Waals surface area contributed by atoms with Crippen LogP contribution in [-0.4, -0.2) is 0 Å². The molecule has 0 radical (unpaired) electrons. The summed E-state index contributed by atoms with van der Waals surface area (Å²) < 4.78 is 10.1. The molecule has 0 saturated heterocycles. The van der Waals surface area contributed by atoms with Gasteiger partial charge < -0.3 is 0 Å². The van der Waals surface area contributed by atoms with Gasteiger partial charge in [-0.15, -0.1) is 0 Å². The topological polar surface area (TPSA) is 17.1 Å². The van der Waals surface area contributed by atoms with Gasteiger partial charge in [-0.25, -0.2) is 0 Å². The summed E-state index contributed by atoms with van der Waals surface area (Å²) >= 11 is 11.8. The van der Waals surface area contributed by atoms with E-state index in [2.05, 4.69) is 0 Å². The van der Waals surface area contributed by atoms with Gasteiger partial charge in [0.05, 0.1) is 10.0 Å². The Morgan fingerprint density at radius 1 is 0.636 bits per heavy atom. The molecule has 3 aromatic rings. The van der Waals surface area contributed by atoms with Crippen molar-refractivity contribution in [1.29, 1.82) is 0 Å². The van der Waals surface area contributed by atoms with Crippen molar-refractivity contribution in [3.05, 3.63) is 88.9 Å². The van der Waals surface area contributed by atoms with Crippen LogP contribution in [0.15, 0.2) is 78.9 Å². The number of rotatable bonds is 2. The Morgan fingerprint density at radius 3 is 1.73 bits per heavy atom. The third-order valence-corrected chi connectivity index (χ3v) is 4.14. The van der Waals surface area contributed by atoms with E-state index in [1.165, 1.54) is 0 Å². The molecule has 22 heavy (non-hydrogen) atoms. The second kappa shape index (κ2) is 8.70. The Bertz CT molecular complexity index is 731. The molecule has 3 aromatic carbocycles. The van der Waals surface area contributed by atoms with Crippen molar-refractivity contribution in [3.8, 4) is 11.1 Å². The second-order valence-electron chi connectivity index (χ2n) is 4.42. The van der Waals surface area contributed by atoms with Crippen LogP contribution in [-0.2, 0) is 4.57 Å². The van der Waals surface area contributed by atoms with E-state index in [1.54, 1.807) is 0 Å². The molecule has 1 nitrogen and oxygen atoms in total. The van der Waals surface area contributed by atoms with Crippen molar-refractivity contribution >= 4 is 37.0 Å². The minimum Gasteiger partial charge on any atom is -0.269 e. The normalized spacial score (nSPS) is 9.91. The lowest BCUT2D eigenvalue weighted by Crippen LogP contribution is -1.84. The van der Waals surface area contributed by atoms with E-state index >= 15 is 0 Å². The third-order valence-electron chi connectivity index (χ3n) is 2.89. The molecule has 0 aliphatic rings. The monoisotopic (exact) mass is 346 g/mol. The molecule has 0 spiro atoms. The lowest BCUT2D eigenvalue weighted by molar-refractivity contribution is 0.603. The first kappa shape index (κ1) is 16.7. The van der Waals surface area contributed by atoms with Crippen molar-refractivity contribution < 1.29 is 4.57 Å². The van der Waals surface area contributed by atoms with E-state index in [1.807, 2.05) is 78.9 Å². The highest BCUT2D eigenvalue weighted by atomic mass is 35.5. The summed E-state index contributed by atoms with van der Waals surface area (Å²) in [6, 6.07) is 25.0. The highest BCUT2D eigenvalue weighted by molar-refractivity contribution is 7.34. The quantitative estimate of drug-likeness (QED) is 0.500. The van der Waals surface area contributed by atoms with Gasteiger partial charge in [0.2, 0.25) is 0 Å². The maximum Gasteiger partial charge on any atom is 0.192 e. The van der Waals surface area contributed by atoms with Gasteiger partial charge in [0.1, 0.15) is 0 Å². The molecule has 0 fully saturated rings. The minimum atomic E-state index is 0.0994. The lowest BCUT2D eigenvalue weighted by atomic mass is 10.1. The molecular weight excluding hydrogens is 334 g/mol. The van der Waals surface area contributed by atoms with E-state index in [-0.39, 0.29) is 8.46 Å². The molecule has 0 unspecified atom stereocenters. The van der Waals surface area contributed by atoms with Crippen molar-refractivity contribution in [2.75, 3.05) is 0 Å². The molecule has 0 aliphatic heterocycles. The number of halogens is 2. The molecular formula is C18H13Cl2OP. The lowest BCUT2D eigenvalue weighted by Gasteiger charge is -2.02. The smallest absolute Gasteiger partial charge is 0.192 e. The maximum atomic E-state index is 10.1.